The van der Waals surface area contributed by atoms with Crippen LogP contribution in [-0.4, -0.2) is 22.2 Å². The van der Waals surface area contributed by atoms with E-state index in [-0.39, 0.29) is 5.75 Å². The van der Waals surface area contributed by atoms with Crippen molar-refractivity contribution in [3.8, 4) is 11.5 Å². The quantitative estimate of drug-likeness (QED) is 0.872. The molecule has 0 spiro atoms. The summed E-state index contributed by atoms with van der Waals surface area (Å²) in [6, 6.07) is 7.28. The minimum absolute atomic E-state index is 0.165. The highest BCUT2D eigenvalue weighted by atomic mass is 16.5. The highest BCUT2D eigenvalue weighted by Gasteiger charge is 2.03. The summed E-state index contributed by atoms with van der Waals surface area (Å²) < 4.78 is 5.06. The number of hydrogen-bond acceptors (Lipinski definition) is 4. The lowest BCUT2D eigenvalue weighted by Crippen LogP contribution is -1.95. The maximum absolute atomic E-state index is 9.47. The Morgan fingerprint density at radius 2 is 2.12 bits per heavy atom. The van der Waals surface area contributed by atoms with E-state index < -0.39 is 0 Å². The second-order valence-electron chi connectivity index (χ2n) is 3.71. The van der Waals surface area contributed by atoms with Crippen LogP contribution < -0.4 is 4.74 Å². The van der Waals surface area contributed by atoms with Gasteiger partial charge in [0.05, 0.1) is 7.11 Å². The van der Waals surface area contributed by atoms with Crippen LogP contribution in [0.25, 0.3) is 0 Å². The van der Waals surface area contributed by atoms with Gasteiger partial charge in [0, 0.05) is 11.9 Å². The normalized spacial score (nSPS) is 10.2. The maximum atomic E-state index is 9.47. The predicted molar refractivity (Wildman–Crippen MR) is 64.1 cm³/mol. The number of aromatic nitrogens is 2. The van der Waals surface area contributed by atoms with Crippen molar-refractivity contribution in [3.63, 3.8) is 0 Å². The van der Waals surface area contributed by atoms with Gasteiger partial charge in [-0.1, -0.05) is 6.07 Å². The van der Waals surface area contributed by atoms with Crippen molar-refractivity contribution in [2.75, 3.05) is 7.11 Å². The third kappa shape index (κ3) is 2.93. The standard InChI is InChI=1S/C13H14N2O2/c1-17-13-8-10(3-5-12(13)16)2-4-11-6-7-14-9-15-11/h3,5-9,16H,2,4H2,1H3. The van der Waals surface area contributed by atoms with E-state index in [2.05, 4.69) is 9.97 Å². The fraction of sp³-hybridized carbons (Fsp3) is 0.231. The van der Waals surface area contributed by atoms with Crippen LogP contribution in [0.3, 0.4) is 0 Å². The Balaban J connectivity index is 2.04. The van der Waals surface area contributed by atoms with Gasteiger partial charge >= 0.3 is 0 Å². The van der Waals surface area contributed by atoms with E-state index in [9.17, 15) is 5.11 Å². The average molecular weight is 230 g/mol. The molecule has 2 aromatic rings. The van der Waals surface area contributed by atoms with Crippen molar-refractivity contribution in [1.82, 2.24) is 9.97 Å². The van der Waals surface area contributed by atoms with Crippen molar-refractivity contribution in [2.24, 2.45) is 0 Å². The van der Waals surface area contributed by atoms with Gasteiger partial charge in [-0.05, 0) is 36.6 Å². The lowest BCUT2D eigenvalue weighted by molar-refractivity contribution is 0.373. The molecule has 0 saturated heterocycles. The number of nitrogens with zero attached hydrogens (tertiary/aromatic N) is 2. The first kappa shape index (κ1) is 11.4. The molecule has 0 aliphatic rings. The number of ether oxygens (including phenoxy) is 1. The molecule has 0 atom stereocenters. The number of rotatable bonds is 4. The van der Waals surface area contributed by atoms with E-state index >= 15 is 0 Å². The van der Waals surface area contributed by atoms with Crippen LogP contribution in [0.4, 0.5) is 0 Å². The molecule has 1 aromatic carbocycles. The number of aryl methyl sites for hydroxylation is 2. The molecule has 17 heavy (non-hydrogen) atoms. The second-order valence-corrected chi connectivity index (χ2v) is 3.71. The van der Waals surface area contributed by atoms with E-state index in [1.54, 1.807) is 25.7 Å². The number of hydrogen-bond donors (Lipinski definition) is 1. The molecule has 4 heteroatoms. The number of aromatic hydroxyl groups is 1. The van der Waals surface area contributed by atoms with Crippen molar-refractivity contribution >= 4 is 0 Å². The lowest BCUT2D eigenvalue weighted by atomic mass is 10.1. The number of benzene rings is 1. The molecule has 1 aromatic heterocycles. The van der Waals surface area contributed by atoms with Crippen LogP contribution in [0, 0.1) is 0 Å². The van der Waals surface area contributed by atoms with Gasteiger partial charge in [-0.15, -0.1) is 0 Å². The van der Waals surface area contributed by atoms with Crippen LogP contribution in [-0.2, 0) is 12.8 Å². The van der Waals surface area contributed by atoms with Gasteiger partial charge < -0.3 is 9.84 Å². The molecule has 1 heterocycles. The summed E-state index contributed by atoms with van der Waals surface area (Å²) in [5, 5.41) is 9.47. The number of methoxy groups -OCH3 is 1. The third-order valence-corrected chi connectivity index (χ3v) is 2.56. The molecule has 88 valence electrons. The van der Waals surface area contributed by atoms with E-state index in [0.717, 1.165) is 24.1 Å². The Bertz CT molecular complexity index is 486. The predicted octanol–water partition coefficient (Wildman–Crippen LogP) is 1.98. The van der Waals surface area contributed by atoms with Gasteiger partial charge in [0.1, 0.15) is 6.33 Å². The first-order chi connectivity index (χ1) is 8.29. The Morgan fingerprint density at radius 3 is 2.82 bits per heavy atom. The van der Waals surface area contributed by atoms with Crippen LogP contribution >= 0.6 is 0 Å². The van der Waals surface area contributed by atoms with Crippen LogP contribution in [0.5, 0.6) is 11.5 Å². The summed E-state index contributed by atoms with van der Waals surface area (Å²) in [5.74, 6) is 0.670. The van der Waals surface area contributed by atoms with E-state index in [4.69, 9.17) is 4.74 Å². The number of phenolic OH excluding ortho intramolecular Hbond substituents is 1. The van der Waals surface area contributed by atoms with E-state index in [0.29, 0.717) is 5.75 Å². The van der Waals surface area contributed by atoms with Crippen molar-refractivity contribution < 1.29 is 9.84 Å². The minimum Gasteiger partial charge on any atom is -0.504 e. The molecule has 0 saturated carbocycles. The molecular weight excluding hydrogens is 216 g/mol. The van der Waals surface area contributed by atoms with E-state index in [1.165, 1.54) is 0 Å². The molecule has 1 N–H and O–H groups in total. The van der Waals surface area contributed by atoms with Crippen LogP contribution in [0.15, 0.2) is 36.8 Å². The van der Waals surface area contributed by atoms with Crippen LogP contribution in [0.2, 0.25) is 0 Å². The molecule has 2 rings (SSSR count). The second kappa shape index (κ2) is 5.30. The summed E-state index contributed by atoms with van der Waals surface area (Å²) in [4.78, 5) is 8.04. The molecule has 0 unspecified atom stereocenters. The third-order valence-electron chi connectivity index (χ3n) is 2.56. The van der Waals surface area contributed by atoms with Crippen molar-refractivity contribution in [2.45, 2.75) is 12.8 Å². The summed E-state index contributed by atoms with van der Waals surface area (Å²) >= 11 is 0. The van der Waals surface area contributed by atoms with Gasteiger partial charge in [-0.25, -0.2) is 9.97 Å². The topological polar surface area (TPSA) is 55.2 Å². The maximum Gasteiger partial charge on any atom is 0.160 e. The first-order valence-corrected chi connectivity index (χ1v) is 5.40. The first-order valence-electron chi connectivity index (χ1n) is 5.40. The highest BCUT2D eigenvalue weighted by Crippen LogP contribution is 2.26. The van der Waals surface area contributed by atoms with Gasteiger partial charge in [0.2, 0.25) is 0 Å². The van der Waals surface area contributed by atoms with Gasteiger partial charge in [0.25, 0.3) is 0 Å². The molecule has 0 bridgehead atoms. The summed E-state index contributed by atoms with van der Waals surface area (Å²) in [5.41, 5.74) is 2.12. The Morgan fingerprint density at radius 1 is 1.24 bits per heavy atom. The Kier molecular flexibility index (Phi) is 3.55. The summed E-state index contributed by atoms with van der Waals surface area (Å²) in [6.45, 7) is 0. The smallest absolute Gasteiger partial charge is 0.160 e. The summed E-state index contributed by atoms with van der Waals surface area (Å²) in [6.07, 6.45) is 4.98. The molecule has 0 fully saturated rings. The molecule has 0 aliphatic carbocycles. The monoisotopic (exact) mass is 230 g/mol. The summed E-state index contributed by atoms with van der Waals surface area (Å²) in [7, 11) is 1.54. The van der Waals surface area contributed by atoms with Gasteiger partial charge in [-0.2, -0.15) is 0 Å². The highest BCUT2D eigenvalue weighted by molar-refractivity contribution is 5.41. The van der Waals surface area contributed by atoms with Gasteiger partial charge in [-0.3, -0.25) is 0 Å². The molecule has 0 amide bonds. The Labute approximate surface area is 99.9 Å². The zero-order chi connectivity index (χ0) is 12.1. The molecular formula is C13H14N2O2. The largest absolute Gasteiger partial charge is 0.504 e. The van der Waals surface area contributed by atoms with Gasteiger partial charge in [0.15, 0.2) is 11.5 Å². The number of phenols is 1. The van der Waals surface area contributed by atoms with Crippen molar-refractivity contribution in [3.05, 3.63) is 48.0 Å². The molecule has 0 aliphatic heterocycles. The van der Waals surface area contributed by atoms with E-state index in [1.807, 2.05) is 18.2 Å². The average Bonchev–Trinajstić information content (AvgIpc) is 2.39. The fourth-order valence-electron chi connectivity index (χ4n) is 1.62. The lowest BCUT2D eigenvalue weighted by Gasteiger charge is -2.06. The Hall–Kier alpha value is -2.10. The van der Waals surface area contributed by atoms with Crippen LogP contribution in [0.1, 0.15) is 11.3 Å². The minimum atomic E-state index is 0.165. The molecule has 0 radical (unpaired) electrons. The SMILES string of the molecule is COc1cc(CCc2ccncn2)ccc1O. The zero-order valence-electron chi connectivity index (χ0n) is 9.63. The fourth-order valence-corrected chi connectivity index (χ4v) is 1.62. The zero-order valence-corrected chi connectivity index (χ0v) is 9.63. The molecule has 4 nitrogen and oxygen atoms in total. The van der Waals surface area contributed by atoms with Crippen molar-refractivity contribution in [1.29, 1.82) is 0 Å².